The molecule has 4 aromatic rings. The van der Waals surface area contributed by atoms with Crippen LogP contribution < -0.4 is 10.1 Å². The Morgan fingerprint density at radius 1 is 1.20 bits per heavy atom. The summed E-state index contributed by atoms with van der Waals surface area (Å²) in [6.45, 7) is -0.814. The van der Waals surface area contributed by atoms with Crippen LogP contribution in [0.4, 0.5) is 20.4 Å². The van der Waals surface area contributed by atoms with Gasteiger partial charge >= 0.3 is 6.61 Å². The Balaban J connectivity index is 1.56. The number of alkyl halides is 2. The predicted octanol–water partition coefficient (Wildman–Crippen LogP) is 3.05. The van der Waals surface area contributed by atoms with Crippen LogP contribution in [0.2, 0.25) is 0 Å². The largest absolute Gasteiger partial charge is 0.417 e. The van der Waals surface area contributed by atoms with Crippen molar-refractivity contribution in [2.75, 3.05) is 11.9 Å². The number of rotatable bonds is 8. The zero-order chi connectivity index (χ0) is 21.1. The fraction of sp³-hybridized carbons (Fsp3) is 0.263. The first-order valence-corrected chi connectivity index (χ1v) is 9.20. The predicted molar refractivity (Wildman–Crippen MR) is 105 cm³/mol. The minimum atomic E-state index is -2.94. The lowest BCUT2D eigenvalue weighted by Crippen LogP contribution is -2.05. The van der Waals surface area contributed by atoms with Crippen LogP contribution in [-0.4, -0.2) is 48.3 Å². The molecule has 11 heteroatoms. The van der Waals surface area contributed by atoms with Gasteiger partial charge in [0.05, 0.1) is 18.1 Å². The summed E-state index contributed by atoms with van der Waals surface area (Å²) < 4.78 is 30.5. The van der Waals surface area contributed by atoms with Crippen LogP contribution in [0.5, 0.6) is 5.88 Å². The Morgan fingerprint density at radius 2 is 2.00 bits per heavy atom. The summed E-state index contributed by atoms with van der Waals surface area (Å²) in [7, 11) is 0. The number of benzene rings is 1. The third-order valence-corrected chi connectivity index (χ3v) is 4.38. The molecule has 0 fully saturated rings. The molecule has 3 heterocycles. The van der Waals surface area contributed by atoms with Gasteiger partial charge < -0.3 is 15.2 Å². The number of hydrogen-bond donors (Lipinski definition) is 3. The fourth-order valence-corrected chi connectivity index (χ4v) is 2.95. The number of aliphatic hydroxyl groups is 1. The summed E-state index contributed by atoms with van der Waals surface area (Å²) in [5.41, 5.74) is 3.05. The van der Waals surface area contributed by atoms with Gasteiger partial charge in [0.25, 0.3) is 0 Å². The summed E-state index contributed by atoms with van der Waals surface area (Å²) in [4.78, 5) is 8.83. The third kappa shape index (κ3) is 4.35. The smallest absolute Gasteiger partial charge is 0.388 e. The van der Waals surface area contributed by atoms with Gasteiger partial charge in [-0.3, -0.25) is 0 Å². The van der Waals surface area contributed by atoms with E-state index in [0.29, 0.717) is 17.0 Å². The van der Waals surface area contributed by atoms with Crippen LogP contribution in [0.15, 0.2) is 42.7 Å². The van der Waals surface area contributed by atoms with Crippen molar-refractivity contribution in [1.29, 1.82) is 0 Å². The van der Waals surface area contributed by atoms with Crippen molar-refractivity contribution in [2.24, 2.45) is 5.92 Å². The highest BCUT2D eigenvalue weighted by Gasteiger charge is 2.12. The molecular formula is C19H19F2N7O2. The monoisotopic (exact) mass is 415 g/mol. The van der Waals surface area contributed by atoms with Gasteiger partial charge in [0.1, 0.15) is 5.52 Å². The number of aliphatic hydroxyl groups excluding tert-OH is 1. The molecular weight excluding hydrogens is 396 g/mol. The van der Waals surface area contributed by atoms with Crippen molar-refractivity contribution >= 4 is 22.8 Å². The van der Waals surface area contributed by atoms with Crippen molar-refractivity contribution in [1.82, 2.24) is 29.9 Å². The highest BCUT2D eigenvalue weighted by atomic mass is 19.3. The number of aromatic nitrogens is 6. The molecule has 0 spiro atoms. The van der Waals surface area contributed by atoms with Gasteiger partial charge in [-0.05, 0) is 30.0 Å². The molecule has 4 rings (SSSR count). The molecule has 0 aliphatic rings. The Labute approximate surface area is 169 Å². The van der Waals surface area contributed by atoms with Crippen molar-refractivity contribution in [3.8, 4) is 11.6 Å². The zero-order valence-corrected chi connectivity index (χ0v) is 16.0. The number of halogens is 2. The number of hydrogen-bond acceptors (Lipinski definition) is 7. The van der Waals surface area contributed by atoms with E-state index in [1.165, 1.54) is 12.3 Å². The van der Waals surface area contributed by atoms with Crippen molar-refractivity contribution in [3.63, 3.8) is 0 Å². The lowest BCUT2D eigenvalue weighted by molar-refractivity contribution is -0.0528. The van der Waals surface area contributed by atoms with Crippen LogP contribution in [0.25, 0.3) is 16.9 Å². The molecule has 1 atom stereocenters. The van der Waals surface area contributed by atoms with Crippen molar-refractivity contribution in [3.05, 3.63) is 48.3 Å². The minimum Gasteiger partial charge on any atom is -0.417 e. The van der Waals surface area contributed by atoms with Gasteiger partial charge in [-0.1, -0.05) is 19.1 Å². The van der Waals surface area contributed by atoms with Crippen LogP contribution in [0.1, 0.15) is 12.5 Å². The van der Waals surface area contributed by atoms with Gasteiger partial charge in [0, 0.05) is 12.7 Å². The topological polar surface area (TPSA) is 114 Å². The van der Waals surface area contributed by atoms with Gasteiger partial charge in [-0.2, -0.15) is 19.0 Å². The summed E-state index contributed by atoms with van der Waals surface area (Å²) in [6, 6.07) is 9.11. The van der Waals surface area contributed by atoms with Gasteiger partial charge in [-0.25, -0.2) is 19.7 Å². The third-order valence-electron chi connectivity index (χ3n) is 4.38. The molecule has 1 aromatic carbocycles. The maximum Gasteiger partial charge on any atom is 0.388 e. The second kappa shape index (κ2) is 8.41. The van der Waals surface area contributed by atoms with Crippen molar-refractivity contribution in [2.45, 2.75) is 20.0 Å². The molecule has 3 N–H and O–H groups in total. The van der Waals surface area contributed by atoms with E-state index in [-0.39, 0.29) is 24.2 Å². The lowest BCUT2D eigenvalue weighted by Gasteiger charge is -2.09. The normalized spacial score (nSPS) is 12.4. The highest BCUT2D eigenvalue weighted by Crippen LogP contribution is 2.21. The van der Waals surface area contributed by atoms with Crippen LogP contribution >= 0.6 is 0 Å². The molecule has 9 nitrogen and oxygen atoms in total. The van der Waals surface area contributed by atoms with Gasteiger partial charge in [-0.15, -0.1) is 0 Å². The Hall–Kier alpha value is -3.60. The minimum absolute atomic E-state index is 0.142. The molecule has 0 amide bonds. The standard InChI is InChI=1S/C19H19F2N7O2/c1-11(10-29)6-12-2-4-13(5-3-12)28-18-14(8-23-28)22-9-16(25-18)24-15-7-17(27-26-15)30-19(20)21/h2-5,7-9,11,19,29H,6,10H2,1H3,(H2,24,25,26,27)/t11-/m0/s1. The summed E-state index contributed by atoms with van der Waals surface area (Å²) in [5, 5.41) is 22.7. The summed E-state index contributed by atoms with van der Waals surface area (Å²) in [6.07, 6.45) is 3.89. The van der Waals surface area contributed by atoms with Gasteiger partial charge in [0.15, 0.2) is 17.3 Å². The maximum atomic E-state index is 12.3. The molecule has 0 saturated heterocycles. The average Bonchev–Trinajstić information content (AvgIpc) is 3.34. The number of ether oxygens (including phenoxy) is 1. The lowest BCUT2D eigenvalue weighted by atomic mass is 10.0. The van der Waals surface area contributed by atoms with E-state index in [0.717, 1.165) is 17.7 Å². The SMILES string of the molecule is C[C@H](CO)Cc1ccc(-n2ncc3ncc(Nc4cc(OC(F)F)[nH]n4)nc32)cc1. The number of nitrogens with zero attached hydrogens (tertiary/aromatic N) is 5. The van der Waals surface area contributed by atoms with E-state index in [9.17, 15) is 13.9 Å². The molecule has 0 unspecified atom stereocenters. The van der Waals surface area contributed by atoms with Gasteiger partial charge in [0.2, 0.25) is 5.88 Å². The quantitative estimate of drug-likeness (QED) is 0.405. The molecule has 156 valence electrons. The van der Waals surface area contributed by atoms with E-state index in [4.69, 9.17) is 0 Å². The first-order chi connectivity index (χ1) is 14.5. The average molecular weight is 415 g/mol. The van der Waals surface area contributed by atoms with E-state index in [1.54, 1.807) is 10.9 Å². The maximum absolute atomic E-state index is 12.3. The van der Waals surface area contributed by atoms with E-state index >= 15 is 0 Å². The second-order valence-electron chi connectivity index (χ2n) is 6.80. The Morgan fingerprint density at radius 3 is 2.73 bits per heavy atom. The van der Waals surface area contributed by atoms with E-state index in [1.807, 2.05) is 31.2 Å². The fourth-order valence-electron chi connectivity index (χ4n) is 2.95. The molecule has 0 saturated carbocycles. The van der Waals surface area contributed by atoms with Crippen molar-refractivity contribution < 1.29 is 18.6 Å². The molecule has 0 radical (unpaired) electrons. The number of anilines is 2. The molecule has 3 aromatic heterocycles. The van der Waals surface area contributed by atoms with E-state index < -0.39 is 6.61 Å². The first kappa shape index (κ1) is 19.7. The first-order valence-electron chi connectivity index (χ1n) is 9.20. The Bertz CT molecular complexity index is 1130. The highest BCUT2D eigenvalue weighted by molar-refractivity contribution is 5.74. The molecule has 0 aliphatic carbocycles. The summed E-state index contributed by atoms with van der Waals surface area (Å²) >= 11 is 0. The zero-order valence-electron chi connectivity index (χ0n) is 16.0. The summed E-state index contributed by atoms with van der Waals surface area (Å²) in [5.74, 6) is 0.650. The van der Waals surface area contributed by atoms with Crippen LogP contribution in [0.3, 0.4) is 0 Å². The second-order valence-corrected chi connectivity index (χ2v) is 6.80. The number of nitrogens with one attached hydrogen (secondary N) is 2. The number of fused-ring (bicyclic) bond motifs is 1. The Kier molecular flexibility index (Phi) is 5.53. The van der Waals surface area contributed by atoms with Crippen LogP contribution in [0, 0.1) is 5.92 Å². The van der Waals surface area contributed by atoms with E-state index in [2.05, 4.69) is 35.3 Å². The van der Waals surface area contributed by atoms with Crippen LogP contribution in [-0.2, 0) is 6.42 Å². The molecule has 0 aliphatic heterocycles. The molecule has 0 bridgehead atoms. The number of H-pyrrole nitrogens is 1. The number of aromatic amines is 1. The molecule has 30 heavy (non-hydrogen) atoms.